The number of hydrogen-bond acceptors (Lipinski definition) is 6. The summed E-state index contributed by atoms with van der Waals surface area (Å²) in [6.45, 7) is 19.7. The summed E-state index contributed by atoms with van der Waals surface area (Å²) in [4.78, 5) is 26.4. The Morgan fingerprint density at radius 3 is 1.18 bits per heavy atom. The molecule has 0 radical (unpaired) electrons. The quantitative estimate of drug-likeness (QED) is 0.233. The standard InChI is InChI=1S/C20H42O6Si2/c1-11-13-15-23-17(21)19(3,25-27(5,6)7)20(4,26-28(8,9)10)18(22)24-16-14-12-2/h11-16H2,1-10H3. The van der Waals surface area contributed by atoms with Gasteiger partial charge in [-0.05, 0) is 66.0 Å². The topological polar surface area (TPSA) is 71.1 Å². The fraction of sp³-hybridized carbons (Fsp3) is 0.900. The molecular formula is C20H42O6Si2. The molecule has 28 heavy (non-hydrogen) atoms. The molecule has 2 unspecified atom stereocenters. The Kier molecular flexibility index (Phi) is 10.6. The molecule has 2 atom stereocenters. The van der Waals surface area contributed by atoms with Crippen molar-refractivity contribution in [1.29, 1.82) is 0 Å². The maximum atomic E-state index is 13.2. The van der Waals surface area contributed by atoms with Gasteiger partial charge in [-0.3, -0.25) is 0 Å². The number of hydrogen-bond donors (Lipinski definition) is 0. The van der Waals surface area contributed by atoms with Crippen LogP contribution >= 0.6 is 0 Å². The zero-order valence-electron chi connectivity index (χ0n) is 19.7. The Morgan fingerprint density at radius 1 is 0.679 bits per heavy atom. The monoisotopic (exact) mass is 434 g/mol. The summed E-state index contributed by atoms with van der Waals surface area (Å²) in [5.41, 5.74) is -3.18. The van der Waals surface area contributed by atoms with Gasteiger partial charge in [-0.2, -0.15) is 0 Å². The molecule has 8 heteroatoms. The molecule has 0 fully saturated rings. The van der Waals surface area contributed by atoms with Gasteiger partial charge in [0.2, 0.25) is 0 Å². The van der Waals surface area contributed by atoms with Crippen LogP contribution in [0.5, 0.6) is 0 Å². The van der Waals surface area contributed by atoms with Gasteiger partial charge in [0.05, 0.1) is 13.2 Å². The highest BCUT2D eigenvalue weighted by atomic mass is 28.4. The van der Waals surface area contributed by atoms with Crippen molar-refractivity contribution in [3.05, 3.63) is 0 Å². The van der Waals surface area contributed by atoms with Crippen LogP contribution in [0, 0.1) is 0 Å². The van der Waals surface area contributed by atoms with Gasteiger partial charge >= 0.3 is 11.9 Å². The highest BCUT2D eigenvalue weighted by molar-refractivity contribution is 6.70. The summed E-state index contributed by atoms with van der Waals surface area (Å²) in [5.74, 6) is -1.15. The minimum atomic E-state index is -2.25. The molecule has 0 heterocycles. The molecule has 0 N–H and O–H groups in total. The molecule has 0 rings (SSSR count). The van der Waals surface area contributed by atoms with Gasteiger partial charge in [0.15, 0.2) is 27.8 Å². The summed E-state index contributed by atoms with van der Waals surface area (Å²) < 4.78 is 23.7. The highest BCUT2D eigenvalue weighted by Crippen LogP contribution is 2.37. The van der Waals surface area contributed by atoms with Crippen molar-refractivity contribution in [2.75, 3.05) is 13.2 Å². The van der Waals surface area contributed by atoms with Crippen LogP contribution in [0.2, 0.25) is 39.3 Å². The van der Waals surface area contributed by atoms with Gasteiger partial charge in [0.1, 0.15) is 0 Å². The predicted molar refractivity (Wildman–Crippen MR) is 117 cm³/mol. The highest BCUT2D eigenvalue weighted by Gasteiger charge is 2.62. The number of carbonyl (C=O) groups excluding carboxylic acids is 2. The lowest BCUT2D eigenvalue weighted by Crippen LogP contribution is -2.68. The zero-order chi connectivity index (χ0) is 22.2. The molecule has 0 aliphatic rings. The second kappa shape index (κ2) is 10.9. The number of carbonyl (C=O) groups is 2. The third-order valence-corrected chi connectivity index (χ3v) is 6.21. The molecule has 0 aromatic rings. The van der Waals surface area contributed by atoms with Crippen molar-refractivity contribution < 1.29 is 27.9 Å². The van der Waals surface area contributed by atoms with Gasteiger partial charge < -0.3 is 18.3 Å². The SMILES string of the molecule is CCCCOC(=O)C(C)(O[Si](C)(C)C)C(C)(O[Si](C)(C)C)C(=O)OCCCC. The molecule has 0 bridgehead atoms. The first-order valence-corrected chi connectivity index (χ1v) is 17.2. The lowest BCUT2D eigenvalue weighted by atomic mass is 9.86. The van der Waals surface area contributed by atoms with Crippen molar-refractivity contribution in [2.45, 2.75) is 104 Å². The molecule has 0 aromatic heterocycles. The average Bonchev–Trinajstić information content (AvgIpc) is 2.51. The third kappa shape index (κ3) is 8.35. The maximum Gasteiger partial charge on any atom is 0.340 e. The first-order valence-electron chi connectivity index (χ1n) is 10.4. The second-order valence-corrected chi connectivity index (χ2v) is 18.3. The number of unbranched alkanes of at least 4 members (excludes halogenated alkanes) is 2. The van der Waals surface area contributed by atoms with E-state index in [0.29, 0.717) is 0 Å². The fourth-order valence-corrected chi connectivity index (χ4v) is 5.79. The Bertz CT molecular complexity index is 466. The lowest BCUT2D eigenvalue weighted by Gasteiger charge is -2.47. The molecule has 0 amide bonds. The molecule has 0 aliphatic carbocycles. The summed E-state index contributed by atoms with van der Waals surface area (Å²) in [7, 11) is -4.49. The van der Waals surface area contributed by atoms with Crippen molar-refractivity contribution in [3.63, 3.8) is 0 Å². The Hall–Kier alpha value is -0.706. The van der Waals surface area contributed by atoms with E-state index in [1.165, 1.54) is 0 Å². The van der Waals surface area contributed by atoms with E-state index in [-0.39, 0.29) is 13.2 Å². The second-order valence-electron chi connectivity index (χ2n) is 9.47. The van der Waals surface area contributed by atoms with E-state index in [9.17, 15) is 9.59 Å². The fourth-order valence-electron chi connectivity index (χ4n) is 2.79. The summed E-state index contributed by atoms with van der Waals surface area (Å²) >= 11 is 0. The number of rotatable bonds is 13. The van der Waals surface area contributed by atoms with Crippen LogP contribution in [0.3, 0.4) is 0 Å². The summed E-state index contributed by atoms with van der Waals surface area (Å²) in [5, 5.41) is 0. The van der Waals surface area contributed by atoms with Crippen LogP contribution in [0.25, 0.3) is 0 Å². The van der Waals surface area contributed by atoms with Crippen LogP contribution in [0.4, 0.5) is 0 Å². The molecule has 6 nitrogen and oxygen atoms in total. The first kappa shape index (κ1) is 27.3. The van der Waals surface area contributed by atoms with Crippen LogP contribution in [0.1, 0.15) is 53.4 Å². The van der Waals surface area contributed by atoms with Gasteiger partial charge in [-0.15, -0.1) is 0 Å². The summed E-state index contributed by atoms with van der Waals surface area (Å²) in [6.07, 6.45) is 3.31. The van der Waals surface area contributed by atoms with E-state index < -0.39 is 39.8 Å². The number of esters is 2. The first-order chi connectivity index (χ1) is 12.6. The van der Waals surface area contributed by atoms with Crippen LogP contribution in [-0.4, -0.2) is 53.0 Å². The van der Waals surface area contributed by atoms with E-state index >= 15 is 0 Å². The van der Waals surface area contributed by atoms with Crippen LogP contribution < -0.4 is 0 Å². The normalized spacial score (nSPS) is 16.8. The van der Waals surface area contributed by atoms with E-state index in [1.54, 1.807) is 13.8 Å². The van der Waals surface area contributed by atoms with E-state index in [4.69, 9.17) is 18.3 Å². The van der Waals surface area contributed by atoms with Crippen molar-refractivity contribution in [2.24, 2.45) is 0 Å². The predicted octanol–water partition coefficient (Wildman–Crippen LogP) is 4.89. The molecule has 0 aliphatic heterocycles. The minimum Gasteiger partial charge on any atom is -0.463 e. The minimum absolute atomic E-state index is 0.286. The molecule has 0 aromatic carbocycles. The van der Waals surface area contributed by atoms with Crippen molar-refractivity contribution in [3.8, 4) is 0 Å². The van der Waals surface area contributed by atoms with Crippen LogP contribution in [-0.2, 0) is 27.9 Å². The molecule has 0 spiro atoms. The van der Waals surface area contributed by atoms with E-state index in [2.05, 4.69) is 0 Å². The Balaban J connectivity index is 6.12. The lowest BCUT2D eigenvalue weighted by molar-refractivity contribution is -0.199. The molecule has 0 saturated heterocycles. The van der Waals surface area contributed by atoms with Gasteiger partial charge in [-0.1, -0.05) is 26.7 Å². The van der Waals surface area contributed by atoms with E-state index in [1.807, 2.05) is 53.1 Å². The van der Waals surface area contributed by atoms with Gasteiger partial charge in [0, 0.05) is 0 Å². The largest absolute Gasteiger partial charge is 0.463 e. The Labute approximate surface area is 173 Å². The van der Waals surface area contributed by atoms with E-state index in [0.717, 1.165) is 25.7 Å². The zero-order valence-corrected chi connectivity index (χ0v) is 21.7. The van der Waals surface area contributed by atoms with Crippen molar-refractivity contribution in [1.82, 2.24) is 0 Å². The average molecular weight is 435 g/mol. The number of ether oxygens (including phenoxy) is 2. The third-order valence-electron chi connectivity index (χ3n) is 4.17. The van der Waals surface area contributed by atoms with Gasteiger partial charge in [0.25, 0.3) is 0 Å². The summed E-state index contributed by atoms with van der Waals surface area (Å²) in [6, 6.07) is 0. The smallest absolute Gasteiger partial charge is 0.340 e. The van der Waals surface area contributed by atoms with Gasteiger partial charge in [-0.25, -0.2) is 9.59 Å². The maximum absolute atomic E-state index is 13.2. The Morgan fingerprint density at radius 2 is 0.964 bits per heavy atom. The molecule has 0 saturated carbocycles. The molecular weight excluding hydrogens is 392 g/mol. The van der Waals surface area contributed by atoms with Crippen molar-refractivity contribution >= 4 is 28.6 Å². The molecule has 166 valence electrons. The van der Waals surface area contributed by atoms with Crippen LogP contribution in [0.15, 0.2) is 0 Å².